The molecule has 0 saturated carbocycles. The largest absolute Gasteiger partial charge is 0.507 e. The van der Waals surface area contributed by atoms with Crippen LogP contribution in [0.15, 0.2) is 72.8 Å². The van der Waals surface area contributed by atoms with Gasteiger partial charge in [0.1, 0.15) is 11.5 Å². The standard InChI is InChI=1S/C20H14O2.La.H2O/c21-17-11-9-13-5-1-3-7-15(13)19(17)20-16-8-4-2-6-14(16)10-12-18(20)22;;/h1-12,21-22H;;1H2. The molecule has 0 unspecified atom stereocenters. The number of hydrogen-bond acceptors (Lipinski definition) is 2. The van der Waals surface area contributed by atoms with Crippen LogP contribution in [0.5, 0.6) is 11.5 Å². The van der Waals surface area contributed by atoms with E-state index in [4.69, 9.17) is 0 Å². The maximum atomic E-state index is 10.4. The van der Waals surface area contributed by atoms with Crippen molar-refractivity contribution in [1.29, 1.82) is 0 Å². The van der Waals surface area contributed by atoms with Crippen molar-refractivity contribution in [3.8, 4) is 22.6 Å². The smallest absolute Gasteiger partial charge is 0.124 e. The van der Waals surface area contributed by atoms with E-state index in [1.54, 1.807) is 12.1 Å². The van der Waals surface area contributed by atoms with Crippen LogP contribution in [-0.2, 0) is 0 Å². The third kappa shape index (κ3) is 2.94. The first kappa shape index (κ1) is 18.5. The van der Waals surface area contributed by atoms with Crippen molar-refractivity contribution in [3.63, 3.8) is 0 Å². The average molecular weight is 443 g/mol. The van der Waals surface area contributed by atoms with Crippen LogP contribution >= 0.6 is 0 Å². The second-order valence-electron chi connectivity index (χ2n) is 5.36. The van der Waals surface area contributed by atoms with Crippen molar-refractivity contribution in [2.75, 3.05) is 0 Å². The normalized spacial score (nSPS) is 10.2. The number of rotatable bonds is 1. The minimum atomic E-state index is 0. The van der Waals surface area contributed by atoms with Crippen LogP contribution in [0.3, 0.4) is 0 Å². The zero-order chi connectivity index (χ0) is 15.1. The van der Waals surface area contributed by atoms with Gasteiger partial charge in [-0.15, -0.1) is 0 Å². The first-order valence-corrected chi connectivity index (χ1v) is 7.17. The molecule has 4 aromatic carbocycles. The average Bonchev–Trinajstić information content (AvgIpc) is 2.56. The van der Waals surface area contributed by atoms with Crippen LogP contribution in [-0.4, -0.2) is 15.7 Å². The second-order valence-corrected chi connectivity index (χ2v) is 5.36. The fourth-order valence-corrected chi connectivity index (χ4v) is 3.05. The third-order valence-corrected chi connectivity index (χ3v) is 4.06. The maximum Gasteiger partial charge on any atom is 0.124 e. The molecule has 24 heavy (non-hydrogen) atoms. The van der Waals surface area contributed by atoms with Gasteiger partial charge in [0, 0.05) is 46.7 Å². The van der Waals surface area contributed by atoms with Gasteiger partial charge in [-0.05, 0) is 33.7 Å². The maximum absolute atomic E-state index is 10.4. The number of phenolic OH excluding ortho intramolecular Hbond substituents is 2. The summed E-state index contributed by atoms with van der Waals surface area (Å²) >= 11 is 0. The summed E-state index contributed by atoms with van der Waals surface area (Å²) in [6, 6.07) is 22.9. The molecule has 3 nitrogen and oxygen atoms in total. The molecule has 4 aromatic rings. The Hall–Kier alpha value is -1.85. The molecule has 117 valence electrons. The molecule has 4 N–H and O–H groups in total. The Morgan fingerprint density at radius 1 is 0.500 bits per heavy atom. The number of aromatic hydroxyl groups is 2. The molecule has 0 aliphatic rings. The van der Waals surface area contributed by atoms with Crippen molar-refractivity contribution in [3.05, 3.63) is 72.8 Å². The fourth-order valence-electron chi connectivity index (χ4n) is 3.05. The van der Waals surface area contributed by atoms with Crippen LogP contribution in [0.25, 0.3) is 32.7 Å². The van der Waals surface area contributed by atoms with Gasteiger partial charge in [0.2, 0.25) is 0 Å². The Labute approximate surface area is 167 Å². The van der Waals surface area contributed by atoms with Gasteiger partial charge in [0.05, 0.1) is 0 Å². The zero-order valence-corrected chi connectivity index (χ0v) is 16.5. The number of fused-ring (bicyclic) bond motifs is 2. The summed E-state index contributed by atoms with van der Waals surface area (Å²) in [4.78, 5) is 0. The Kier molecular flexibility index (Phi) is 5.68. The molecule has 1 radical (unpaired) electrons. The molecule has 0 aliphatic heterocycles. The SMILES string of the molecule is O.Oc1ccc2ccccc2c1-c1c(O)ccc2ccccc12.[La]. The van der Waals surface area contributed by atoms with Crippen molar-refractivity contribution in [2.24, 2.45) is 0 Å². The van der Waals surface area contributed by atoms with Gasteiger partial charge < -0.3 is 15.7 Å². The third-order valence-electron chi connectivity index (χ3n) is 4.06. The van der Waals surface area contributed by atoms with Gasteiger partial charge in [0.25, 0.3) is 0 Å². The summed E-state index contributed by atoms with van der Waals surface area (Å²) in [5.74, 6) is 0.343. The number of hydrogen-bond donors (Lipinski definition) is 2. The van der Waals surface area contributed by atoms with Gasteiger partial charge in [-0.1, -0.05) is 60.7 Å². The van der Waals surface area contributed by atoms with Crippen molar-refractivity contribution < 1.29 is 51.3 Å². The van der Waals surface area contributed by atoms with E-state index in [2.05, 4.69) is 0 Å². The molecule has 0 atom stereocenters. The number of phenols is 2. The van der Waals surface area contributed by atoms with Gasteiger partial charge in [-0.2, -0.15) is 0 Å². The van der Waals surface area contributed by atoms with Gasteiger partial charge in [-0.25, -0.2) is 0 Å². The minimum Gasteiger partial charge on any atom is -0.507 e. The van der Waals surface area contributed by atoms with Crippen molar-refractivity contribution >= 4 is 21.5 Å². The molecular weight excluding hydrogens is 427 g/mol. The molecule has 0 fully saturated rings. The predicted molar refractivity (Wildman–Crippen MR) is 93.8 cm³/mol. The van der Waals surface area contributed by atoms with Gasteiger partial charge in [0.15, 0.2) is 0 Å². The molecular formula is C20H16LaO3. The molecule has 0 heterocycles. The zero-order valence-electron chi connectivity index (χ0n) is 12.9. The molecule has 0 aromatic heterocycles. The van der Waals surface area contributed by atoms with Crippen LogP contribution in [0.1, 0.15) is 0 Å². The van der Waals surface area contributed by atoms with E-state index in [-0.39, 0.29) is 52.6 Å². The van der Waals surface area contributed by atoms with E-state index in [1.165, 1.54) is 0 Å². The molecule has 0 spiro atoms. The van der Waals surface area contributed by atoms with Crippen LogP contribution in [0, 0.1) is 35.6 Å². The number of benzene rings is 4. The molecule has 0 saturated heterocycles. The van der Waals surface area contributed by atoms with Crippen LogP contribution < -0.4 is 0 Å². The summed E-state index contributed by atoms with van der Waals surface area (Å²) in [7, 11) is 0. The topological polar surface area (TPSA) is 72.0 Å². The minimum absolute atomic E-state index is 0. The van der Waals surface area contributed by atoms with Gasteiger partial charge in [-0.3, -0.25) is 0 Å². The fraction of sp³-hybridized carbons (Fsp3) is 0. The Morgan fingerprint density at radius 3 is 1.29 bits per heavy atom. The Bertz CT molecular complexity index is 929. The van der Waals surface area contributed by atoms with E-state index in [1.807, 2.05) is 60.7 Å². The van der Waals surface area contributed by atoms with E-state index in [9.17, 15) is 10.2 Å². The molecule has 0 aliphatic carbocycles. The summed E-state index contributed by atoms with van der Waals surface area (Å²) in [6.45, 7) is 0. The molecule has 4 heteroatoms. The van der Waals surface area contributed by atoms with Crippen LogP contribution in [0.2, 0.25) is 0 Å². The van der Waals surface area contributed by atoms with E-state index in [0.717, 1.165) is 21.5 Å². The Morgan fingerprint density at radius 2 is 0.875 bits per heavy atom. The van der Waals surface area contributed by atoms with E-state index in [0.29, 0.717) is 11.1 Å². The molecule has 0 bridgehead atoms. The van der Waals surface area contributed by atoms with Gasteiger partial charge >= 0.3 is 0 Å². The quantitative estimate of drug-likeness (QED) is 0.462. The van der Waals surface area contributed by atoms with E-state index >= 15 is 0 Å². The van der Waals surface area contributed by atoms with Crippen molar-refractivity contribution in [2.45, 2.75) is 0 Å². The van der Waals surface area contributed by atoms with Crippen molar-refractivity contribution in [1.82, 2.24) is 0 Å². The summed E-state index contributed by atoms with van der Waals surface area (Å²) in [5.41, 5.74) is 1.35. The first-order valence-electron chi connectivity index (χ1n) is 7.17. The predicted octanol–water partition coefficient (Wildman–Crippen LogP) is 4.25. The van der Waals surface area contributed by atoms with Crippen LogP contribution in [0.4, 0.5) is 0 Å². The van der Waals surface area contributed by atoms with E-state index < -0.39 is 0 Å². The summed E-state index contributed by atoms with van der Waals surface area (Å²) < 4.78 is 0. The summed E-state index contributed by atoms with van der Waals surface area (Å²) in [6.07, 6.45) is 0. The Balaban J connectivity index is 0.00000104. The summed E-state index contributed by atoms with van der Waals surface area (Å²) in [5, 5.41) is 24.8. The monoisotopic (exact) mass is 443 g/mol. The molecule has 0 amide bonds. The first-order chi connectivity index (χ1) is 10.8. The second kappa shape index (κ2) is 7.37. The molecule has 4 rings (SSSR count).